The van der Waals surface area contributed by atoms with Crippen molar-refractivity contribution in [1.29, 1.82) is 0 Å². The van der Waals surface area contributed by atoms with Crippen molar-refractivity contribution in [3.63, 3.8) is 0 Å². The number of aryl methyl sites for hydroxylation is 2. The fraction of sp³-hybridized carbons (Fsp3) is 0.316. The number of halogens is 1. The highest BCUT2D eigenvalue weighted by Crippen LogP contribution is 2.36. The van der Waals surface area contributed by atoms with E-state index >= 15 is 0 Å². The van der Waals surface area contributed by atoms with Gasteiger partial charge in [-0.3, -0.25) is 9.10 Å². The van der Waals surface area contributed by atoms with Gasteiger partial charge in [-0.05, 0) is 55.3 Å². The second-order valence-corrected chi connectivity index (χ2v) is 9.05. The first-order chi connectivity index (χ1) is 12.6. The zero-order valence-corrected chi connectivity index (χ0v) is 16.9. The molecule has 8 heteroatoms. The maximum atomic E-state index is 12.7. The number of carbonyl (C=O) groups excluding carboxylic acids is 1. The molecule has 1 amide bonds. The van der Waals surface area contributed by atoms with Crippen LogP contribution in [0.25, 0.3) is 0 Å². The number of ether oxygens (including phenoxy) is 1. The lowest BCUT2D eigenvalue weighted by Gasteiger charge is -2.21. The minimum Gasteiger partial charge on any atom is -0.478 e. The Morgan fingerprint density at radius 1 is 1.19 bits per heavy atom. The monoisotopic (exact) mass is 408 g/mol. The van der Waals surface area contributed by atoms with Gasteiger partial charge < -0.3 is 10.1 Å². The third-order valence-corrected chi connectivity index (χ3v) is 5.65. The fourth-order valence-electron chi connectivity index (χ4n) is 3.15. The number of hydrogen-bond acceptors (Lipinski definition) is 4. The normalized spacial score (nSPS) is 16.9. The minimum atomic E-state index is -3.54. The molecule has 1 N–H and O–H groups in total. The summed E-state index contributed by atoms with van der Waals surface area (Å²) in [5, 5.41) is 3.25. The van der Waals surface area contributed by atoms with Crippen LogP contribution in [0.4, 0.5) is 11.4 Å². The molecule has 1 heterocycles. The molecule has 2 aromatic rings. The minimum absolute atomic E-state index is 0.122. The molecule has 27 heavy (non-hydrogen) atoms. The molecule has 0 aliphatic carbocycles. The third kappa shape index (κ3) is 4.54. The van der Waals surface area contributed by atoms with Crippen LogP contribution in [0.5, 0.6) is 5.75 Å². The first-order valence-corrected chi connectivity index (χ1v) is 10.7. The molecule has 144 valence electrons. The predicted molar refractivity (Wildman–Crippen MR) is 107 cm³/mol. The summed E-state index contributed by atoms with van der Waals surface area (Å²) in [7, 11) is -3.54. The van der Waals surface area contributed by atoms with Crippen molar-refractivity contribution < 1.29 is 17.9 Å². The topological polar surface area (TPSA) is 75.7 Å². The van der Waals surface area contributed by atoms with Gasteiger partial charge in [-0.2, -0.15) is 0 Å². The molecule has 0 aromatic heterocycles. The number of rotatable bonds is 3. The zero-order valence-electron chi connectivity index (χ0n) is 15.3. The Morgan fingerprint density at radius 2 is 1.85 bits per heavy atom. The van der Waals surface area contributed by atoms with Crippen LogP contribution < -0.4 is 14.4 Å². The molecule has 0 saturated carbocycles. The molecule has 1 atom stereocenters. The largest absolute Gasteiger partial charge is 0.478 e. The van der Waals surface area contributed by atoms with Gasteiger partial charge in [0.25, 0.3) is 5.91 Å². The highest BCUT2D eigenvalue weighted by atomic mass is 35.5. The first-order valence-electron chi connectivity index (χ1n) is 8.46. The number of benzene rings is 2. The van der Waals surface area contributed by atoms with Crippen molar-refractivity contribution in [1.82, 2.24) is 0 Å². The van der Waals surface area contributed by atoms with E-state index in [0.717, 1.165) is 17.4 Å². The van der Waals surface area contributed by atoms with Crippen molar-refractivity contribution in [2.45, 2.75) is 26.4 Å². The van der Waals surface area contributed by atoms with E-state index < -0.39 is 16.1 Å². The van der Waals surface area contributed by atoms with Crippen LogP contribution in [-0.2, 0) is 14.8 Å². The van der Waals surface area contributed by atoms with E-state index in [1.807, 2.05) is 32.0 Å². The third-order valence-electron chi connectivity index (χ3n) is 4.24. The summed E-state index contributed by atoms with van der Waals surface area (Å²) in [5.41, 5.74) is 3.10. The lowest BCUT2D eigenvalue weighted by molar-refractivity contribution is -0.122. The second-order valence-electron chi connectivity index (χ2n) is 6.71. The van der Waals surface area contributed by atoms with Gasteiger partial charge in [0, 0.05) is 23.7 Å². The Kier molecular flexibility index (Phi) is 5.35. The van der Waals surface area contributed by atoms with Crippen LogP contribution in [0, 0.1) is 13.8 Å². The number of amides is 1. The lowest BCUT2D eigenvalue weighted by Crippen LogP contribution is -2.36. The smallest absolute Gasteiger partial charge is 0.265 e. The van der Waals surface area contributed by atoms with E-state index in [0.29, 0.717) is 22.1 Å². The highest BCUT2D eigenvalue weighted by Gasteiger charge is 2.31. The van der Waals surface area contributed by atoms with Crippen LogP contribution in [0.2, 0.25) is 5.02 Å². The van der Waals surface area contributed by atoms with Crippen LogP contribution in [0.15, 0.2) is 36.4 Å². The van der Waals surface area contributed by atoms with Crippen molar-refractivity contribution in [3.05, 3.63) is 52.5 Å². The molecule has 1 unspecified atom stereocenters. The van der Waals surface area contributed by atoms with Crippen LogP contribution in [0.3, 0.4) is 0 Å². The standard InChI is InChI=1S/C19H21ClN2O4S/c1-12-8-13(2)10-15(9-12)21-19(23)18-6-7-22(27(3,24)25)16-11-14(20)4-5-17(16)26-18/h4-5,8-11,18H,6-7H2,1-3H3,(H,21,23). The number of anilines is 2. The Bertz CT molecular complexity index is 971. The quantitative estimate of drug-likeness (QED) is 0.843. The number of carbonyl (C=O) groups is 1. The van der Waals surface area contributed by atoms with E-state index in [2.05, 4.69) is 5.32 Å². The Labute approximate surface area is 164 Å². The average molecular weight is 409 g/mol. The average Bonchev–Trinajstić information content (AvgIpc) is 2.72. The molecule has 0 spiro atoms. The Balaban J connectivity index is 1.88. The predicted octanol–water partition coefficient (Wildman–Crippen LogP) is 3.51. The van der Waals surface area contributed by atoms with Gasteiger partial charge in [-0.25, -0.2) is 8.42 Å². The lowest BCUT2D eigenvalue weighted by atomic mass is 10.1. The molecular formula is C19H21ClN2O4S. The molecule has 0 radical (unpaired) electrons. The maximum Gasteiger partial charge on any atom is 0.265 e. The molecule has 6 nitrogen and oxygen atoms in total. The molecule has 0 saturated heterocycles. The van der Waals surface area contributed by atoms with Crippen molar-refractivity contribution >= 4 is 38.9 Å². The zero-order chi connectivity index (χ0) is 19.8. The summed E-state index contributed by atoms with van der Waals surface area (Å²) in [4.78, 5) is 12.7. The van der Waals surface area contributed by atoms with E-state index in [9.17, 15) is 13.2 Å². The van der Waals surface area contributed by atoms with Gasteiger partial charge in [0.05, 0.1) is 11.9 Å². The van der Waals surface area contributed by atoms with Gasteiger partial charge in [0.1, 0.15) is 5.75 Å². The van der Waals surface area contributed by atoms with Crippen molar-refractivity contribution in [3.8, 4) is 5.75 Å². The van der Waals surface area contributed by atoms with E-state index in [4.69, 9.17) is 16.3 Å². The fourth-order valence-corrected chi connectivity index (χ4v) is 4.25. The molecule has 1 aliphatic rings. The van der Waals surface area contributed by atoms with Gasteiger partial charge in [0.2, 0.25) is 10.0 Å². The summed E-state index contributed by atoms with van der Waals surface area (Å²) < 4.78 is 31.4. The van der Waals surface area contributed by atoms with Crippen LogP contribution in [0.1, 0.15) is 17.5 Å². The van der Waals surface area contributed by atoms with Crippen LogP contribution >= 0.6 is 11.6 Å². The van der Waals surface area contributed by atoms with E-state index in [-0.39, 0.29) is 18.9 Å². The summed E-state index contributed by atoms with van der Waals surface area (Å²) >= 11 is 6.02. The van der Waals surface area contributed by atoms with E-state index in [1.54, 1.807) is 12.1 Å². The Hall–Kier alpha value is -2.25. The molecule has 0 fully saturated rings. The molecule has 0 bridgehead atoms. The molecule has 3 rings (SSSR count). The first kappa shape index (κ1) is 19.5. The van der Waals surface area contributed by atoms with Crippen molar-refractivity contribution in [2.24, 2.45) is 0 Å². The number of nitrogens with zero attached hydrogens (tertiary/aromatic N) is 1. The molecular weight excluding hydrogens is 388 g/mol. The molecule has 2 aromatic carbocycles. The van der Waals surface area contributed by atoms with Crippen molar-refractivity contribution in [2.75, 3.05) is 22.4 Å². The number of hydrogen-bond donors (Lipinski definition) is 1. The SMILES string of the molecule is Cc1cc(C)cc(NC(=O)C2CCN(S(C)(=O)=O)c3cc(Cl)ccc3O2)c1. The second kappa shape index (κ2) is 7.40. The summed E-state index contributed by atoms with van der Waals surface area (Å²) in [6, 6.07) is 10.5. The number of fused-ring (bicyclic) bond motifs is 1. The number of nitrogens with one attached hydrogen (secondary N) is 1. The van der Waals surface area contributed by atoms with Gasteiger partial charge in [-0.1, -0.05) is 17.7 Å². The van der Waals surface area contributed by atoms with Gasteiger partial charge >= 0.3 is 0 Å². The van der Waals surface area contributed by atoms with Crippen LogP contribution in [-0.4, -0.2) is 33.2 Å². The summed E-state index contributed by atoms with van der Waals surface area (Å²) in [6.07, 6.45) is 0.515. The summed E-state index contributed by atoms with van der Waals surface area (Å²) in [6.45, 7) is 4.03. The van der Waals surface area contributed by atoms with E-state index in [1.165, 1.54) is 10.4 Å². The highest BCUT2D eigenvalue weighted by molar-refractivity contribution is 7.92. The maximum absolute atomic E-state index is 12.7. The number of sulfonamides is 1. The molecule has 1 aliphatic heterocycles. The summed E-state index contributed by atoms with van der Waals surface area (Å²) in [5.74, 6) is -0.0147. The van der Waals surface area contributed by atoms with Gasteiger partial charge in [0.15, 0.2) is 6.10 Å². The Morgan fingerprint density at radius 3 is 2.48 bits per heavy atom. The van der Waals surface area contributed by atoms with Gasteiger partial charge in [-0.15, -0.1) is 0 Å².